The van der Waals surface area contributed by atoms with Gasteiger partial charge in [0.1, 0.15) is 0 Å². The number of amides is 3. The summed E-state index contributed by atoms with van der Waals surface area (Å²) in [7, 11) is 3.39. The Hall–Kier alpha value is -3.23. The van der Waals surface area contributed by atoms with Crippen LogP contribution in [0.3, 0.4) is 0 Å². The molecule has 1 aliphatic carbocycles. The summed E-state index contributed by atoms with van der Waals surface area (Å²) in [4.78, 5) is 36.1. The molecule has 3 amide bonds. The number of fused-ring (bicyclic) bond motifs is 1. The second-order valence-corrected chi connectivity index (χ2v) is 6.58. The van der Waals surface area contributed by atoms with Crippen LogP contribution in [0.1, 0.15) is 33.7 Å². The van der Waals surface area contributed by atoms with Gasteiger partial charge in [0.15, 0.2) is 0 Å². The molecule has 142 valence electrons. The molecule has 0 saturated heterocycles. The van der Waals surface area contributed by atoms with Crippen molar-refractivity contribution in [2.24, 2.45) is 7.05 Å². The van der Waals surface area contributed by atoms with Gasteiger partial charge in [-0.1, -0.05) is 5.21 Å². The Morgan fingerprint density at radius 1 is 1.22 bits per heavy atom. The highest BCUT2D eigenvalue weighted by atomic mass is 16.2. The maximum atomic E-state index is 12.2. The predicted molar refractivity (Wildman–Crippen MR) is 98.2 cm³/mol. The number of benzene rings is 1. The molecule has 0 aliphatic heterocycles. The molecule has 0 spiro atoms. The van der Waals surface area contributed by atoms with Crippen LogP contribution in [0, 0.1) is 6.92 Å². The fraction of sp³-hybridized carbons (Fsp3) is 0.389. The van der Waals surface area contributed by atoms with Gasteiger partial charge in [0.05, 0.1) is 11.4 Å². The maximum absolute atomic E-state index is 12.2. The molecule has 2 aromatic rings. The Labute approximate surface area is 156 Å². The van der Waals surface area contributed by atoms with E-state index in [1.807, 2.05) is 7.05 Å². The van der Waals surface area contributed by atoms with Gasteiger partial charge < -0.3 is 16.0 Å². The van der Waals surface area contributed by atoms with E-state index in [0.29, 0.717) is 23.2 Å². The Kier molecular flexibility index (Phi) is 5.20. The van der Waals surface area contributed by atoms with Crippen LogP contribution >= 0.6 is 0 Å². The molecular weight excluding hydrogens is 348 g/mol. The highest BCUT2D eigenvalue weighted by Gasteiger charge is 2.26. The second-order valence-electron chi connectivity index (χ2n) is 6.58. The largest absolute Gasteiger partial charge is 0.355 e. The summed E-state index contributed by atoms with van der Waals surface area (Å²) in [6, 6.07) is 4.71. The van der Waals surface area contributed by atoms with Crippen molar-refractivity contribution in [3.63, 3.8) is 0 Å². The van der Waals surface area contributed by atoms with Gasteiger partial charge in [-0.05, 0) is 43.5 Å². The van der Waals surface area contributed by atoms with Gasteiger partial charge >= 0.3 is 11.8 Å². The minimum absolute atomic E-state index is 0.149. The van der Waals surface area contributed by atoms with E-state index in [1.54, 1.807) is 36.9 Å². The molecule has 1 unspecified atom stereocenters. The summed E-state index contributed by atoms with van der Waals surface area (Å²) in [6.45, 7) is 1.76. The number of nitrogens with zero attached hydrogens (tertiary/aromatic N) is 3. The molecule has 0 fully saturated rings. The highest BCUT2D eigenvalue weighted by molar-refractivity contribution is 6.39. The van der Waals surface area contributed by atoms with E-state index >= 15 is 0 Å². The minimum Gasteiger partial charge on any atom is -0.355 e. The van der Waals surface area contributed by atoms with E-state index in [1.165, 1.54) is 0 Å². The van der Waals surface area contributed by atoms with Gasteiger partial charge in [-0.2, -0.15) is 0 Å². The first kappa shape index (κ1) is 18.6. The molecule has 1 atom stereocenters. The average molecular weight is 370 g/mol. The molecule has 0 radical (unpaired) electrons. The zero-order valence-corrected chi connectivity index (χ0v) is 15.5. The molecule has 1 aliphatic rings. The normalized spacial score (nSPS) is 15.6. The lowest BCUT2D eigenvalue weighted by atomic mass is 9.96. The molecular formula is C18H22N6O3. The Bertz CT molecular complexity index is 904. The van der Waals surface area contributed by atoms with Crippen molar-refractivity contribution in [1.82, 2.24) is 25.6 Å². The van der Waals surface area contributed by atoms with Crippen LogP contribution in [0.4, 0.5) is 5.69 Å². The van der Waals surface area contributed by atoms with E-state index in [-0.39, 0.29) is 11.9 Å². The molecule has 27 heavy (non-hydrogen) atoms. The third-order valence-electron chi connectivity index (χ3n) is 4.70. The minimum atomic E-state index is -0.740. The zero-order valence-electron chi connectivity index (χ0n) is 15.5. The topological polar surface area (TPSA) is 118 Å². The van der Waals surface area contributed by atoms with Crippen molar-refractivity contribution < 1.29 is 14.4 Å². The Morgan fingerprint density at radius 3 is 2.70 bits per heavy atom. The van der Waals surface area contributed by atoms with Crippen LogP contribution in [-0.4, -0.2) is 45.8 Å². The Balaban J connectivity index is 1.60. The van der Waals surface area contributed by atoms with Crippen LogP contribution in [0.2, 0.25) is 0 Å². The molecule has 0 bridgehead atoms. The number of aromatic nitrogens is 3. The predicted octanol–water partition coefficient (Wildman–Crippen LogP) is 0.0953. The van der Waals surface area contributed by atoms with Gasteiger partial charge in [0.25, 0.3) is 5.91 Å². The van der Waals surface area contributed by atoms with Crippen LogP contribution < -0.4 is 16.0 Å². The van der Waals surface area contributed by atoms with Crippen molar-refractivity contribution in [3.05, 3.63) is 40.7 Å². The van der Waals surface area contributed by atoms with E-state index in [4.69, 9.17) is 0 Å². The summed E-state index contributed by atoms with van der Waals surface area (Å²) in [5, 5.41) is 16.0. The van der Waals surface area contributed by atoms with Gasteiger partial charge in [0.2, 0.25) is 0 Å². The van der Waals surface area contributed by atoms with Crippen LogP contribution in [0.25, 0.3) is 0 Å². The summed E-state index contributed by atoms with van der Waals surface area (Å²) in [5.41, 5.74) is 3.59. The number of aryl methyl sites for hydroxylation is 2. The summed E-state index contributed by atoms with van der Waals surface area (Å²) < 4.78 is 1.74. The summed E-state index contributed by atoms with van der Waals surface area (Å²) >= 11 is 0. The standard InChI is InChI=1S/C18H22N6O3/c1-10-8-11(16(25)19-2)4-6-13(10)21-18(27)17(26)20-12-5-7-15-14(9-12)22-23-24(15)3/h4,6,8,12H,5,7,9H2,1-3H3,(H,19,25)(H,20,26)(H,21,27). The number of hydrogen-bond acceptors (Lipinski definition) is 5. The third kappa shape index (κ3) is 3.97. The van der Waals surface area contributed by atoms with E-state index in [0.717, 1.165) is 24.2 Å². The molecule has 1 aromatic carbocycles. The molecule has 3 rings (SSSR count). The van der Waals surface area contributed by atoms with Crippen molar-refractivity contribution in [2.75, 3.05) is 12.4 Å². The number of hydrogen-bond donors (Lipinski definition) is 3. The quantitative estimate of drug-likeness (QED) is 0.662. The maximum Gasteiger partial charge on any atom is 0.313 e. The number of rotatable bonds is 3. The monoisotopic (exact) mass is 370 g/mol. The molecule has 9 nitrogen and oxygen atoms in total. The molecule has 3 N–H and O–H groups in total. The van der Waals surface area contributed by atoms with Gasteiger partial charge in [-0.25, -0.2) is 0 Å². The van der Waals surface area contributed by atoms with Crippen LogP contribution in [0.5, 0.6) is 0 Å². The molecule has 0 saturated carbocycles. The first-order chi connectivity index (χ1) is 12.9. The Morgan fingerprint density at radius 2 is 2.00 bits per heavy atom. The lowest BCUT2D eigenvalue weighted by molar-refractivity contribution is -0.136. The number of anilines is 1. The van der Waals surface area contributed by atoms with E-state index in [9.17, 15) is 14.4 Å². The number of carbonyl (C=O) groups excluding carboxylic acids is 3. The van der Waals surface area contributed by atoms with E-state index in [2.05, 4.69) is 26.3 Å². The molecule has 9 heteroatoms. The van der Waals surface area contributed by atoms with Gasteiger partial charge in [0, 0.05) is 37.8 Å². The SMILES string of the molecule is CNC(=O)c1ccc(NC(=O)C(=O)NC2CCc3c(nnn3C)C2)c(C)c1. The first-order valence-electron chi connectivity index (χ1n) is 8.71. The summed E-state index contributed by atoms with van der Waals surface area (Å²) in [5.74, 6) is -1.65. The van der Waals surface area contributed by atoms with Crippen molar-refractivity contribution >= 4 is 23.4 Å². The lowest BCUT2D eigenvalue weighted by Crippen LogP contribution is -2.44. The van der Waals surface area contributed by atoms with Crippen LogP contribution in [0.15, 0.2) is 18.2 Å². The first-order valence-corrected chi connectivity index (χ1v) is 8.71. The third-order valence-corrected chi connectivity index (χ3v) is 4.70. The van der Waals surface area contributed by atoms with Crippen LogP contribution in [-0.2, 0) is 29.5 Å². The second kappa shape index (κ2) is 7.56. The fourth-order valence-corrected chi connectivity index (χ4v) is 3.17. The summed E-state index contributed by atoms with van der Waals surface area (Å²) in [6.07, 6.45) is 2.04. The fourth-order valence-electron chi connectivity index (χ4n) is 3.17. The highest BCUT2D eigenvalue weighted by Crippen LogP contribution is 2.19. The smallest absolute Gasteiger partial charge is 0.313 e. The number of carbonyl (C=O) groups is 3. The van der Waals surface area contributed by atoms with Crippen molar-refractivity contribution in [2.45, 2.75) is 32.2 Å². The number of nitrogens with one attached hydrogen (secondary N) is 3. The zero-order chi connectivity index (χ0) is 19.6. The van der Waals surface area contributed by atoms with Crippen molar-refractivity contribution in [1.29, 1.82) is 0 Å². The molecule has 1 heterocycles. The average Bonchev–Trinajstić information content (AvgIpc) is 3.02. The van der Waals surface area contributed by atoms with Crippen molar-refractivity contribution in [3.8, 4) is 0 Å². The molecule has 1 aromatic heterocycles. The van der Waals surface area contributed by atoms with E-state index < -0.39 is 11.8 Å². The van der Waals surface area contributed by atoms with Gasteiger partial charge in [-0.15, -0.1) is 5.10 Å². The lowest BCUT2D eigenvalue weighted by Gasteiger charge is -2.22. The van der Waals surface area contributed by atoms with Gasteiger partial charge in [-0.3, -0.25) is 19.1 Å².